The molecule has 0 radical (unpaired) electrons. The molecule has 1 atom stereocenters. The number of fused-ring (bicyclic) bond motifs is 1. The number of esters is 1. The Kier molecular flexibility index (Phi) is 4.47. The Balaban J connectivity index is 2.00. The lowest BCUT2D eigenvalue weighted by Gasteiger charge is -2.15. The Labute approximate surface area is 144 Å². The molecule has 0 saturated carbocycles. The van der Waals surface area contributed by atoms with Gasteiger partial charge in [0.2, 0.25) is 0 Å². The highest BCUT2D eigenvalue weighted by Gasteiger charge is 2.33. The quantitative estimate of drug-likeness (QED) is 0.361. The maximum absolute atomic E-state index is 12.0. The highest BCUT2D eigenvalue weighted by atomic mass is 16.6. The summed E-state index contributed by atoms with van der Waals surface area (Å²) in [7, 11) is 3.48. The molecule has 0 aromatic heterocycles. The first-order valence-corrected chi connectivity index (χ1v) is 7.76. The average molecular weight is 339 g/mol. The van der Waals surface area contributed by atoms with Crippen LogP contribution in [-0.2, 0) is 4.74 Å². The molecule has 2 aromatic rings. The van der Waals surface area contributed by atoms with Gasteiger partial charge in [0.05, 0.1) is 21.8 Å². The topological polar surface area (TPSA) is 85.0 Å². The highest BCUT2D eigenvalue weighted by molar-refractivity contribution is 6.05. The molecule has 0 saturated heterocycles. The second kappa shape index (κ2) is 6.72. The molecule has 0 bridgehead atoms. The van der Waals surface area contributed by atoms with Gasteiger partial charge in [0.1, 0.15) is 6.10 Å². The van der Waals surface area contributed by atoms with Crippen molar-refractivity contribution in [1.29, 1.82) is 0 Å². The molecule has 0 aliphatic carbocycles. The average Bonchev–Trinajstić information content (AvgIpc) is 2.90. The van der Waals surface area contributed by atoms with Crippen LogP contribution in [-0.4, -0.2) is 35.7 Å². The second-order valence-electron chi connectivity index (χ2n) is 5.85. The van der Waals surface area contributed by atoms with E-state index in [1.54, 1.807) is 49.4 Å². The number of ether oxygens (including phenoxy) is 1. The van der Waals surface area contributed by atoms with E-state index in [0.29, 0.717) is 16.8 Å². The summed E-state index contributed by atoms with van der Waals surface area (Å²) in [6.45, 7) is 0. The first-order valence-electron chi connectivity index (χ1n) is 7.76. The lowest BCUT2D eigenvalue weighted by molar-refractivity contribution is -0.385. The number of hydrazone groups is 1. The van der Waals surface area contributed by atoms with Crippen LogP contribution in [0.1, 0.15) is 34.0 Å². The SMILES string of the molecule is CN(C)/N=C(/C[C@H]1OC(=O)c2ccccc21)c1ccccc1[N+](=O)[O-]. The lowest BCUT2D eigenvalue weighted by Crippen LogP contribution is -2.15. The van der Waals surface area contributed by atoms with E-state index < -0.39 is 11.0 Å². The largest absolute Gasteiger partial charge is 0.453 e. The lowest BCUT2D eigenvalue weighted by atomic mass is 9.97. The molecule has 7 heteroatoms. The molecule has 2 aromatic carbocycles. The third-order valence-corrected chi connectivity index (χ3v) is 3.89. The number of carbonyl (C=O) groups is 1. The molecule has 1 heterocycles. The highest BCUT2D eigenvalue weighted by Crippen LogP contribution is 2.35. The van der Waals surface area contributed by atoms with Gasteiger partial charge in [-0.15, -0.1) is 0 Å². The molecule has 0 amide bonds. The van der Waals surface area contributed by atoms with Crippen LogP contribution in [0.15, 0.2) is 53.6 Å². The maximum atomic E-state index is 12.0. The van der Waals surface area contributed by atoms with Crippen molar-refractivity contribution in [3.8, 4) is 0 Å². The van der Waals surface area contributed by atoms with Gasteiger partial charge >= 0.3 is 5.97 Å². The van der Waals surface area contributed by atoms with E-state index in [-0.39, 0.29) is 18.1 Å². The van der Waals surface area contributed by atoms with Crippen LogP contribution in [0.25, 0.3) is 0 Å². The normalized spacial score (nSPS) is 16.3. The summed E-state index contributed by atoms with van der Waals surface area (Å²) in [4.78, 5) is 22.9. The van der Waals surface area contributed by atoms with Crippen LogP contribution in [0.2, 0.25) is 0 Å². The zero-order valence-electron chi connectivity index (χ0n) is 13.9. The van der Waals surface area contributed by atoms with Gasteiger partial charge in [-0.2, -0.15) is 5.10 Å². The predicted octanol–water partition coefficient (Wildman–Crippen LogP) is 3.16. The van der Waals surface area contributed by atoms with Gasteiger partial charge in [-0.1, -0.05) is 30.3 Å². The van der Waals surface area contributed by atoms with E-state index in [4.69, 9.17) is 4.74 Å². The molecular weight excluding hydrogens is 322 g/mol. The summed E-state index contributed by atoms with van der Waals surface area (Å²) in [6, 6.07) is 13.6. The third-order valence-electron chi connectivity index (χ3n) is 3.89. The predicted molar refractivity (Wildman–Crippen MR) is 92.5 cm³/mol. The summed E-state index contributed by atoms with van der Waals surface area (Å²) in [5.41, 5.74) is 2.19. The van der Waals surface area contributed by atoms with Crippen LogP contribution in [0.4, 0.5) is 5.69 Å². The van der Waals surface area contributed by atoms with Gasteiger partial charge < -0.3 is 9.75 Å². The fraction of sp³-hybridized carbons (Fsp3) is 0.222. The molecule has 1 aliphatic rings. The fourth-order valence-corrected chi connectivity index (χ4v) is 2.87. The van der Waals surface area contributed by atoms with Crippen LogP contribution in [0.3, 0.4) is 0 Å². The summed E-state index contributed by atoms with van der Waals surface area (Å²) in [6.07, 6.45) is -0.256. The third kappa shape index (κ3) is 3.35. The monoisotopic (exact) mass is 339 g/mol. The van der Waals surface area contributed by atoms with Crippen molar-refractivity contribution in [1.82, 2.24) is 5.01 Å². The van der Waals surface area contributed by atoms with Gasteiger partial charge in [-0.25, -0.2) is 4.79 Å². The first kappa shape index (κ1) is 16.6. The van der Waals surface area contributed by atoms with Gasteiger partial charge in [0.15, 0.2) is 0 Å². The van der Waals surface area contributed by atoms with Crippen LogP contribution in [0, 0.1) is 10.1 Å². The molecule has 128 valence electrons. The Bertz CT molecular complexity index is 861. The maximum Gasteiger partial charge on any atom is 0.339 e. The van der Waals surface area contributed by atoms with Crippen molar-refractivity contribution >= 4 is 17.4 Å². The van der Waals surface area contributed by atoms with Crippen molar-refractivity contribution in [2.75, 3.05) is 14.1 Å². The zero-order chi connectivity index (χ0) is 18.0. The van der Waals surface area contributed by atoms with Gasteiger partial charge in [0.25, 0.3) is 5.69 Å². The van der Waals surface area contributed by atoms with Crippen LogP contribution in [0.5, 0.6) is 0 Å². The van der Waals surface area contributed by atoms with E-state index in [1.165, 1.54) is 6.07 Å². The molecule has 0 fully saturated rings. The minimum absolute atomic E-state index is 0.0271. The number of benzene rings is 2. The molecule has 0 unspecified atom stereocenters. The fourth-order valence-electron chi connectivity index (χ4n) is 2.87. The van der Waals surface area contributed by atoms with Gasteiger partial charge in [-0.05, 0) is 12.1 Å². The van der Waals surface area contributed by atoms with Crippen molar-refractivity contribution in [3.05, 3.63) is 75.3 Å². The smallest absolute Gasteiger partial charge is 0.339 e. The van der Waals surface area contributed by atoms with Crippen molar-refractivity contribution in [3.63, 3.8) is 0 Å². The Morgan fingerprint density at radius 3 is 2.60 bits per heavy atom. The van der Waals surface area contributed by atoms with E-state index in [1.807, 2.05) is 12.1 Å². The molecule has 3 rings (SSSR count). The Morgan fingerprint density at radius 1 is 1.20 bits per heavy atom. The number of rotatable bonds is 5. The van der Waals surface area contributed by atoms with E-state index in [0.717, 1.165) is 5.56 Å². The molecule has 0 spiro atoms. The summed E-state index contributed by atoms with van der Waals surface area (Å²) in [5.74, 6) is -0.382. The van der Waals surface area contributed by atoms with E-state index >= 15 is 0 Å². The molecular formula is C18H17N3O4. The Hall–Kier alpha value is -3.22. The van der Waals surface area contributed by atoms with Crippen molar-refractivity contribution in [2.45, 2.75) is 12.5 Å². The van der Waals surface area contributed by atoms with Gasteiger partial charge in [-0.3, -0.25) is 10.1 Å². The van der Waals surface area contributed by atoms with Gasteiger partial charge in [0, 0.05) is 32.1 Å². The summed E-state index contributed by atoms with van der Waals surface area (Å²) < 4.78 is 5.46. The van der Waals surface area contributed by atoms with Crippen LogP contribution < -0.4 is 0 Å². The van der Waals surface area contributed by atoms with E-state index in [2.05, 4.69) is 5.10 Å². The number of carbonyl (C=O) groups excluding carboxylic acids is 1. The number of nitrogens with zero attached hydrogens (tertiary/aromatic N) is 3. The molecule has 25 heavy (non-hydrogen) atoms. The number of hydrogen-bond donors (Lipinski definition) is 0. The number of hydrogen-bond acceptors (Lipinski definition) is 6. The summed E-state index contributed by atoms with van der Waals surface area (Å²) >= 11 is 0. The summed E-state index contributed by atoms with van der Waals surface area (Å²) in [5, 5.41) is 17.3. The zero-order valence-corrected chi connectivity index (χ0v) is 13.9. The number of nitro benzene ring substituents is 1. The minimum Gasteiger partial charge on any atom is -0.453 e. The van der Waals surface area contributed by atoms with Crippen LogP contribution >= 0.6 is 0 Å². The molecule has 7 nitrogen and oxygen atoms in total. The number of nitro groups is 1. The Morgan fingerprint density at radius 2 is 1.88 bits per heavy atom. The molecule has 0 N–H and O–H groups in total. The molecule has 1 aliphatic heterocycles. The minimum atomic E-state index is -0.512. The van der Waals surface area contributed by atoms with Crippen molar-refractivity contribution < 1.29 is 14.5 Å². The van der Waals surface area contributed by atoms with Crippen molar-refractivity contribution in [2.24, 2.45) is 5.10 Å². The standard InChI is InChI=1S/C18H17N3O4/c1-20(2)19-15(14-9-5-6-10-16(14)21(23)24)11-17-12-7-3-4-8-13(12)18(22)25-17/h3-10,17H,11H2,1-2H3/b19-15-/t17-/m1/s1. The number of cyclic esters (lactones) is 1. The number of para-hydroxylation sites is 1. The first-order chi connectivity index (χ1) is 12.0. The van der Waals surface area contributed by atoms with E-state index in [9.17, 15) is 14.9 Å². The second-order valence-corrected chi connectivity index (χ2v) is 5.85.